The van der Waals surface area contributed by atoms with Crippen LogP contribution in [0.2, 0.25) is 0 Å². The standard InChI is InChI=1S/C17H20N6O2.C2H6/c1-11-2-3-12(15(18)16(24)23-6-8-25-9-7-23)13(10-11)21-14-4-5-20-17(19)22-14;1-2/h2-5,10,18H,6-9H2,1H3,(H3,19,20,21,22);1-2H3. The molecule has 1 aliphatic rings. The van der Waals surface area contributed by atoms with Crippen molar-refractivity contribution in [2.45, 2.75) is 20.8 Å². The lowest BCUT2D eigenvalue weighted by Gasteiger charge is -2.27. The molecule has 1 fully saturated rings. The highest BCUT2D eigenvalue weighted by Crippen LogP contribution is 2.23. The molecule has 0 atom stereocenters. The van der Waals surface area contributed by atoms with Gasteiger partial charge in [-0.05, 0) is 24.6 Å². The van der Waals surface area contributed by atoms with E-state index in [1.165, 1.54) is 0 Å². The van der Waals surface area contributed by atoms with Gasteiger partial charge in [0.1, 0.15) is 11.5 Å². The maximum atomic E-state index is 12.6. The molecule has 8 heteroatoms. The van der Waals surface area contributed by atoms with Gasteiger partial charge in [-0.15, -0.1) is 0 Å². The summed E-state index contributed by atoms with van der Waals surface area (Å²) in [5.41, 5.74) is 7.69. The van der Waals surface area contributed by atoms with Gasteiger partial charge >= 0.3 is 0 Å². The fourth-order valence-corrected chi connectivity index (χ4v) is 2.60. The van der Waals surface area contributed by atoms with Crippen LogP contribution < -0.4 is 11.1 Å². The van der Waals surface area contributed by atoms with Crippen LogP contribution in [0.15, 0.2) is 30.5 Å². The zero-order chi connectivity index (χ0) is 19.8. The van der Waals surface area contributed by atoms with Gasteiger partial charge in [0, 0.05) is 30.5 Å². The number of rotatable bonds is 4. The summed E-state index contributed by atoms with van der Waals surface area (Å²) in [4.78, 5) is 22.2. The highest BCUT2D eigenvalue weighted by Gasteiger charge is 2.23. The van der Waals surface area contributed by atoms with E-state index in [2.05, 4.69) is 15.3 Å². The predicted molar refractivity (Wildman–Crippen MR) is 106 cm³/mol. The minimum absolute atomic E-state index is 0.0635. The molecule has 0 radical (unpaired) electrons. The maximum absolute atomic E-state index is 12.6. The lowest BCUT2D eigenvalue weighted by molar-refractivity contribution is -0.128. The van der Waals surface area contributed by atoms with Crippen LogP contribution in [-0.2, 0) is 9.53 Å². The molecule has 0 spiro atoms. The fraction of sp³-hybridized carbons (Fsp3) is 0.368. The summed E-state index contributed by atoms with van der Waals surface area (Å²) >= 11 is 0. The van der Waals surface area contributed by atoms with Crippen molar-refractivity contribution >= 4 is 29.1 Å². The third-order valence-corrected chi connectivity index (χ3v) is 3.89. The van der Waals surface area contributed by atoms with E-state index in [0.29, 0.717) is 43.4 Å². The fourth-order valence-electron chi connectivity index (χ4n) is 2.60. The summed E-state index contributed by atoms with van der Waals surface area (Å²) in [6.45, 7) is 7.93. The van der Waals surface area contributed by atoms with E-state index < -0.39 is 0 Å². The van der Waals surface area contributed by atoms with Gasteiger partial charge in [-0.25, -0.2) is 4.98 Å². The second kappa shape index (κ2) is 9.63. The largest absolute Gasteiger partial charge is 0.378 e. The van der Waals surface area contributed by atoms with E-state index in [-0.39, 0.29) is 17.6 Å². The summed E-state index contributed by atoms with van der Waals surface area (Å²) < 4.78 is 5.26. The normalized spacial score (nSPS) is 13.4. The number of carbonyl (C=O) groups is 1. The number of aryl methyl sites for hydroxylation is 1. The molecule has 1 aromatic carbocycles. The highest BCUT2D eigenvalue weighted by molar-refractivity contribution is 6.45. The van der Waals surface area contributed by atoms with Gasteiger partial charge < -0.3 is 20.7 Å². The molecule has 1 amide bonds. The Morgan fingerprint density at radius 2 is 1.96 bits per heavy atom. The van der Waals surface area contributed by atoms with Crippen molar-refractivity contribution < 1.29 is 9.53 Å². The van der Waals surface area contributed by atoms with Crippen LogP contribution in [0.4, 0.5) is 17.5 Å². The van der Waals surface area contributed by atoms with Crippen molar-refractivity contribution in [3.8, 4) is 0 Å². The molecule has 0 bridgehead atoms. The SMILES string of the molecule is CC.Cc1ccc(C(=N)C(=O)N2CCOCC2)c(Nc2ccnc(N)n2)c1. The molecular formula is C19H26N6O2. The Morgan fingerprint density at radius 3 is 2.63 bits per heavy atom. The Morgan fingerprint density at radius 1 is 1.26 bits per heavy atom. The van der Waals surface area contributed by atoms with E-state index >= 15 is 0 Å². The third kappa shape index (κ3) is 5.24. The number of aromatic nitrogens is 2. The zero-order valence-corrected chi connectivity index (χ0v) is 16.0. The Balaban J connectivity index is 0.00000126. The molecule has 0 saturated carbocycles. The van der Waals surface area contributed by atoms with Crippen molar-refractivity contribution in [3.05, 3.63) is 41.6 Å². The molecule has 1 aromatic heterocycles. The molecular weight excluding hydrogens is 344 g/mol. The van der Waals surface area contributed by atoms with Crippen molar-refractivity contribution in [2.75, 3.05) is 37.4 Å². The van der Waals surface area contributed by atoms with Crippen LogP contribution in [0.25, 0.3) is 0 Å². The molecule has 1 aliphatic heterocycles. The first kappa shape index (κ1) is 20.3. The van der Waals surface area contributed by atoms with Crippen LogP contribution in [0.1, 0.15) is 25.0 Å². The first-order chi connectivity index (χ1) is 13.0. The summed E-state index contributed by atoms with van der Waals surface area (Å²) in [5.74, 6) is 0.349. The van der Waals surface area contributed by atoms with Crippen molar-refractivity contribution in [2.24, 2.45) is 0 Å². The van der Waals surface area contributed by atoms with Gasteiger partial charge in [0.05, 0.1) is 13.2 Å². The van der Waals surface area contributed by atoms with Crippen molar-refractivity contribution in [3.63, 3.8) is 0 Å². The van der Waals surface area contributed by atoms with Gasteiger partial charge in [-0.2, -0.15) is 4.98 Å². The number of morpholine rings is 1. The van der Waals surface area contributed by atoms with Gasteiger partial charge in [-0.3, -0.25) is 10.2 Å². The smallest absolute Gasteiger partial charge is 0.272 e. The minimum atomic E-state index is -0.308. The van der Waals surface area contributed by atoms with Crippen LogP contribution in [0.5, 0.6) is 0 Å². The first-order valence-corrected chi connectivity index (χ1v) is 8.97. The van der Waals surface area contributed by atoms with E-state index in [1.807, 2.05) is 32.9 Å². The van der Waals surface area contributed by atoms with E-state index in [1.54, 1.807) is 23.2 Å². The molecule has 144 valence electrons. The molecule has 3 rings (SSSR count). The average Bonchev–Trinajstić information content (AvgIpc) is 2.69. The number of nitrogens with zero attached hydrogens (tertiary/aromatic N) is 3. The highest BCUT2D eigenvalue weighted by atomic mass is 16.5. The van der Waals surface area contributed by atoms with Crippen molar-refractivity contribution in [1.82, 2.24) is 14.9 Å². The number of anilines is 3. The maximum Gasteiger partial charge on any atom is 0.272 e. The number of nitrogen functional groups attached to an aromatic ring is 1. The molecule has 4 N–H and O–H groups in total. The van der Waals surface area contributed by atoms with Crippen molar-refractivity contribution in [1.29, 1.82) is 5.41 Å². The van der Waals surface area contributed by atoms with Crippen LogP contribution in [0.3, 0.4) is 0 Å². The molecule has 2 aromatic rings. The van der Waals surface area contributed by atoms with Gasteiger partial charge in [0.25, 0.3) is 5.91 Å². The predicted octanol–water partition coefficient (Wildman–Crippen LogP) is 2.36. The average molecular weight is 370 g/mol. The molecule has 0 aliphatic carbocycles. The number of carbonyl (C=O) groups excluding carboxylic acids is 1. The lowest BCUT2D eigenvalue weighted by atomic mass is 10.0. The number of nitrogens with one attached hydrogen (secondary N) is 2. The number of amides is 1. The third-order valence-electron chi connectivity index (χ3n) is 3.89. The van der Waals surface area contributed by atoms with E-state index in [9.17, 15) is 4.79 Å². The Bertz CT molecular complexity index is 803. The Kier molecular flexibility index (Phi) is 7.25. The van der Waals surface area contributed by atoms with E-state index in [0.717, 1.165) is 5.56 Å². The summed E-state index contributed by atoms with van der Waals surface area (Å²) in [5, 5.41) is 11.5. The van der Waals surface area contributed by atoms with Gasteiger partial charge in [0.2, 0.25) is 5.95 Å². The number of hydrogen-bond donors (Lipinski definition) is 3. The molecule has 0 unspecified atom stereocenters. The van der Waals surface area contributed by atoms with Crippen LogP contribution in [0, 0.1) is 12.3 Å². The second-order valence-electron chi connectivity index (χ2n) is 5.75. The molecule has 27 heavy (non-hydrogen) atoms. The Hall–Kier alpha value is -3.00. The molecule has 8 nitrogen and oxygen atoms in total. The van der Waals surface area contributed by atoms with E-state index in [4.69, 9.17) is 15.9 Å². The monoisotopic (exact) mass is 370 g/mol. The number of benzene rings is 1. The minimum Gasteiger partial charge on any atom is -0.378 e. The van der Waals surface area contributed by atoms with Gasteiger partial charge in [-0.1, -0.05) is 26.0 Å². The summed E-state index contributed by atoms with van der Waals surface area (Å²) in [7, 11) is 0. The molecule has 1 saturated heterocycles. The summed E-state index contributed by atoms with van der Waals surface area (Å²) in [6.07, 6.45) is 1.55. The van der Waals surface area contributed by atoms with Crippen LogP contribution >= 0.6 is 0 Å². The number of hydrogen-bond acceptors (Lipinski definition) is 7. The number of nitrogens with two attached hydrogens (primary N) is 1. The Labute approximate surface area is 159 Å². The van der Waals surface area contributed by atoms with Crippen LogP contribution in [-0.4, -0.2) is 52.8 Å². The second-order valence-corrected chi connectivity index (χ2v) is 5.75. The first-order valence-electron chi connectivity index (χ1n) is 8.97. The zero-order valence-electron chi connectivity index (χ0n) is 16.0. The summed E-state index contributed by atoms with van der Waals surface area (Å²) in [6, 6.07) is 7.18. The topological polar surface area (TPSA) is 117 Å². The lowest BCUT2D eigenvalue weighted by Crippen LogP contribution is -2.44. The number of ether oxygens (including phenoxy) is 1. The quantitative estimate of drug-likeness (QED) is 0.711. The van der Waals surface area contributed by atoms with Gasteiger partial charge in [0.15, 0.2) is 0 Å². The molecule has 2 heterocycles.